The number of hydrogen-bond acceptors (Lipinski definition) is 6. The molecule has 1 aromatic heterocycles. The molecule has 0 amide bonds. The van der Waals surface area contributed by atoms with Crippen molar-refractivity contribution in [2.45, 2.75) is 20.8 Å². The van der Waals surface area contributed by atoms with Gasteiger partial charge in [0, 0.05) is 16.1 Å². The summed E-state index contributed by atoms with van der Waals surface area (Å²) in [7, 11) is 0. The molecule has 6 nitrogen and oxygen atoms in total. The van der Waals surface area contributed by atoms with Crippen molar-refractivity contribution in [2.24, 2.45) is 0 Å². The summed E-state index contributed by atoms with van der Waals surface area (Å²) in [4.78, 5) is 4.49. The van der Waals surface area contributed by atoms with E-state index in [1.54, 1.807) is 12.1 Å². The summed E-state index contributed by atoms with van der Waals surface area (Å²) >= 11 is 5.93. The molecule has 7 heteroatoms. The van der Waals surface area contributed by atoms with Gasteiger partial charge in [0.15, 0.2) is 11.5 Å². The van der Waals surface area contributed by atoms with Crippen LogP contribution in [0.4, 0.5) is 0 Å². The Morgan fingerprint density at radius 3 is 2.00 bits per heavy atom. The van der Waals surface area contributed by atoms with Crippen LogP contribution in [-0.2, 0) is 0 Å². The predicted octanol–water partition coefficient (Wildman–Crippen LogP) is 5.25. The molecule has 0 spiro atoms. The van der Waals surface area contributed by atoms with Gasteiger partial charge in [0.2, 0.25) is 11.6 Å². The highest BCUT2D eigenvalue weighted by Crippen LogP contribution is 2.41. The SMILES string of the molecule is CCOc1cc(-c2nc(-c3ccc(Cl)cc3)no2)cc(OCC)c1OCC. The molecule has 3 aromatic rings. The standard InChI is InChI=1S/C20H21ClN2O4/c1-4-24-16-11-14(12-17(25-5-2)18(16)26-6-3)20-22-19(23-27-20)13-7-9-15(21)10-8-13/h7-12H,4-6H2,1-3H3. The number of benzene rings is 2. The summed E-state index contributed by atoms with van der Waals surface area (Å²) < 4.78 is 22.6. The highest BCUT2D eigenvalue weighted by atomic mass is 35.5. The zero-order valence-electron chi connectivity index (χ0n) is 15.5. The van der Waals surface area contributed by atoms with Gasteiger partial charge in [-0.2, -0.15) is 4.98 Å². The van der Waals surface area contributed by atoms with Crippen molar-refractivity contribution in [3.63, 3.8) is 0 Å². The molecule has 0 bridgehead atoms. The van der Waals surface area contributed by atoms with Crippen LogP contribution in [-0.4, -0.2) is 30.0 Å². The summed E-state index contributed by atoms with van der Waals surface area (Å²) in [6, 6.07) is 10.9. The van der Waals surface area contributed by atoms with Crippen molar-refractivity contribution in [2.75, 3.05) is 19.8 Å². The highest BCUT2D eigenvalue weighted by Gasteiger charge is 2.19. The molecule has 0 aliphatic heterocycles. The summed E-state index contributed by atoms with van der Waals surface area (Å²) in [5, 5.41) is 4.71. The van der Waals surface area contributed by atoms with Crippen molar-refractivity contribution >= 4 is 11.6 Å². The lowest BCUT2D eigenvalue weighted by atomic mass is 10.1. The van der Waals surface area contributed by atoms with Gasteiger partial charge in [-0.3, -0.25) is 0 Å². The monoisotopic (exact) mass is 388 g/mol. The first-order valence-electron chi connectivity index (χ1n) is 8.82. The van der Waals surface area contributed by atoms with Crippen LogP contribution in [0.5, 0.6) is 17.2 Å². The van der Waals surface area contributed by atoms with Crippen LogP contribution >= 0.6 is 11.6 Å². The average Bonchev–Trinajstić information content (AvgIpc) is 3.15. The van der Waals surface area contributed by atoms with Crippen LogP contribution in [0.1, 0.15) is 20.8 Å². The number of ether oxygens (including phenoxy) is 3. The molecule has 27 heavy (non-hydrogen) atoms. The minimum absolute atomic E-state index is 0.366. The van der Waals surface area contributed by atoms with Gasteiger partial charge in [-0.25, -0.2) is 0 Å². The van der Waals surface area contributed by atoms with Crippen LogP contribution in [0, 0.1) is 0 Å². The number of halogens is 1. The number of nitrogens with zero attached hydrogens (tertiary/aromatic N) is 2. The van der Waals surface area contributed by atoms with E-state index in [0.717, 1.165) is 5.56 Å². The topological polar surface area (TPSA) is 66.6 Å². The second-order valence-electron chi connectivity index (χ2n) is 5.53. The van der Waals surface area contributed by atoms with Gasteiger partial charge >= 0.3 is 0 Å². The molecule has 0 fully saturated rings. The molecule has 0 saturated carbocycles. The molecule has 1 heterocycles. The van der Waals surface area contributed by atoms with Gasteiger partial charge in [0.1, 0.15) is 0 Å². The molecule has 0 atom stereocenters. The first kappa shape index (κ1) is 19.0. The number of aromatic nitrogens is 2. The lowest BCUT2D eigenvalue weighted by Crippen LogP contribution is -2.03. The second kappa shape index (κ2) is 8.77. The molecule has 0 unspecified atom stereocenters. The fourth-order valence-electron chi connectivity index (χ4n) is 2.57. The largest absolute Gasteiger partial charge is 0.490 e. The summed E-state index contributed by atoms with van der Waals surface area (Å²) in [5.41, 5.74) is 1.51. The molecular weight excluding hydrogens is 368 g/mol. The Kier molecular flexibility index (Phi) is 6.19. The third kappa shape index (κ3) is 4.34. The molecule has 3 rings (SSSR count). The van der Waals surface area contributed by atoms with Crippen LogP contribution in [0.15, 0.2) is 40.9 Å². The summed E-state index contributed by atoms with van der Waals surface area (Å²) in [6.07, 6.45) is 0. The van der Waals surface area contributed by atoms with E-state index in [0.29, 0.717) is 59.4 Å². The van der Waals surface area contributed by atoms with Gasteiger partial charge in [0.05, 0.1) is 19.8 Å². The van der Waals surface area contributed by atoms with Crippen LogP contribution in [0.2, 0.25) is 5.02 Å². The number of rotatable bonds is 8. The van der Waals surface area contributed by atoms with Crippen molar-refractivity contribution < 1.29 is 18.7 Å². The minimum Gasteiger partial charge on any atom is -0.490 e. The van der Waals surface area contributed by atoms with E-state index in [2.05, 4.69) is 10.1 Å². The molecule has 0 N–H and O–H groups in total. The Hall–Kier alpha value is -2.73. The third-order valence-corrected chi connectivity index (χ3v) is 3.94. The van der Waals surface area contributed by atoms with Gasteiger partial charge in [-0.05, 0) is 57.2 Å². The minimum atomic E-state index is 0.366. The van der Waals surface area contributed by atoms with Crippen molar-refractivity contribution in [3.05, 3.63) is 41.4 Å². The summed E-state index contributed by atoms with van der Waals surface area (Å²) in [5.74, 6) is 2.57. The maximum absolute atomic E-state index is 5.93. The van der Waals surface area contributed by atoms with E-state index in [4.69, 9.17) is 30.3 Å². The first-order chi connectivity index (χ1) is 13.2. The Morgan fingerprint density at radius 2 is 1.44 bits per heavy atom. The molecular formula is C20H21ClN2O4. The fraction of sp³-hybridized carbons (Fsp3) is 0.300. The Bertz CT molecular complexity index is 866. The molecule has 142 valence electrons. The van der Waals surface area contributed by atoms with Gasteiger partial charge in [-0.15, -0.1) is 0 Å². The first-order valence-corrected chi connectivity index (χ1v) is 9.20. The predicted molar refractivity (Wildman–Crippen MR) is 104 cm³/mol. The summed E-state index contributed by atoms with van der Waals surface area (Å²) in [6.45, 7) is 7.22. The van der Waals surface area contributed by atoms with E-state index >= 15 is 0 Å². The highest BCUT2D eigenvalue weighted by molar-refractivity contribution is 6.30. The molecule has 0 aliphatic rings. The smallest absolute Gasteiger partial charge is 0.258 e. The van der Waals surface area contributed by atoms with E-state index in [-0.39, 0.29) is 0 Å². The Balaban J connectivity index is 2.01. The van der Waals surface area contributed by atoms with Crippen molar-refractivity contribution in [3.8, 4) is 40.1 Å². The quantitative estimate of drug-likeness (QED) is 0.524. The maximum Gasteiger partial charge on any atom is 0.258 e. The van der Waals surface area contributed by atoms with Crippen LogP contribution in [0.3, 0.4) is 0 Å². The van der Waals surface area contributed by atoms with E-state index in [1.165, 1.54) is 0 Å². The Labute approximate surface area is 163 Å². The zero-order chi connectivity index (χ0) is 19.2. The Morgan fingerprint density at radius 1 is 0.852 bits per heavy atom. The second-order valence-corrected chi connectivity index (χ2v) is 5.97. The maximum atomic E-state index is 5.93. The van der Waals surface area contributed by atoms with Gasteiger partial charge in [0.25, 0.3) is 5.89 Å². The molecule has 0 saturated heterocycles. The molecule has 0 aliphatic carbocycles. The van der Waals surface area contributed by atoms with Crippen LogP contribution in [0.25, 0.3) is 22.8 Å². The van der Waals surface area contributed by atoms with Crippen molar-refractivity contribution in [1.29, 1.82) is 0 Å². The van der Waals surface area contributed by atoms with E-state index < -0.39 is 0 Å². The molecule has 0 radical (unpaired) electrons. The lowest BCUT2D eigenvalue weighted by molar-refractivity contribution is 0.261. The van der Waals surface area contributed by atoms with E-state index in [9.17, 15) is 0 Å². The van der Waals surface area contributed by atoms with Crippen LogP contribution < -0.4 is 14.2 Å². The fourth-order valence-corrected chi connectivity index (χ4v) is 2.70. The van der Waals surface area contributed by atoms with Crippen molar-refractivity contribution in [1.82, 2.24) is 10.1 Å². The lowest BCUT2D eigenvalue weighted by Gasteiger charge is -2.16. The number of hydrogen-bond donors (Lipinski definition) is 0. The van der Waals surface area contributed by atoms with Gasteiger partial charge in [-0.1, -0.05) is 16.8 Å². The normalized spacial score (nSPS) is 10.7. The third-order valence-electron chi connectivity index (χ3n) is 3.68. The average molecular weight is 389 g/mol. The van der Waals surface area contributed by atoms with E-state index in [1.807, 2.05) is 45.0 Å². The molecule has 2 aromatic carbocycles. The zero-order valence-corrected chi connectivity index (χ0v) is 16.2. The van der Waals surface area contributed by atoms with Gasteiger partial charge < -0.3 is 18.7 Å².